The van der Waals surface area contributed by atoms with Gasteiger partial charge in [0.1, 0.15) is 12.7 Å². The summed E-state index contributed by atoms with van der Waals surface area (Å²) < 4.78 is 39.6. The summed E-state index contributed by atoms with van der Waals surface area (Å²) in [6.07, 6.45) is 69.5. The van der Waals surface area contributed by atoms with Crippen molar-refractivity contribution < 1.29 is 52.2 Å². The monoisotopic (exact) mass is 1110 g/mol. The summed E-state index contributed by atoms with van der Waals surface area (Å²) >= 11 is 0. The third kappa shape index (κ3) is 57.3. The van der Waals surface area contributed by atoms with Gasteiger partial charge in [-0.2, -0.15) is 0 Å². The minimum Gasteiger partial charge on any atom is -0.462 e. The Labute approximate surface area is 477 Å². The van der Waals surface area contributed by atoms with Gasteiger partial charge in [-0.25, -0.2) is 4.57 Å². The molecule has 450 valence electrons. The van der Waals surface area contributed by atoms with E-state index in [0.717, 1.165) is 141 Å². The lowest BCUT2D eigenvalue weighted by Gasteiger charge is -2.21. The maximum Gasteiger partial charge on any atom is 0.472 e. The molecule has 0 heterocycles. The van der Waals surface area contributed by atoms with Gasteiger partial charge in [0.25, 0.3) is 0 Å². The number of carbonyl (C=O) groups is 3. The molecule has 2 N–H and O–H groups in total. The van der Waals surface area contributed by atoms with Crippen molar-refractivity contribution in [3.05, 3.63) is 85.1 Å². The first kappa shape index (κ1) is 74.7. The predicted octanol–water partition coefficient (Wildman–Crippen LogP) is 19.0. The normalized spacial score (nSPS) is 13.9. The fraction of sp³-hybridized carbons (Fsp3) is 0.742. The second-order valence-electron chi connectivity index (χ2n) is 20.9. The van der Waals surface area contributed by atoms with Gasteiger partial charge in [-0.15, -0.1) is 0 Å². The standard InChI is InChI=1S/C66H115O11P/c1-4-7-10-13-16-19-22-25-27-29-31-33-35-38-40-43-46-49-52-55-64(68)73-59-63(77-66(70)57-54-51-48-45-42-39-36-34-32-30-28-26-23-20-17-14-11-8-5-2)61-75-78(71,72)74-60-62(58-67)76-65(69)56-53-50-47-44-41-37-24-21-18-15-12-9-6-3/h16-17,19-21,24-28,31-34,62-63,67H,4-15,18,22-23,29-30,35-61H2,1-3H3,(H,71,72)/b19-16-,20-17-,24-21-,27-25-,28-26-,33-31-,34-32-. The molecule has 0 aromatic carbocycles. The second-order valence-corrected chi connectivity index (χ2v) is 22.3. The Morgan fingerprint density at radius 3 is 1.00 bits per heavy atom. The van der Waals surface area contributed by atoms with Gasteiger partial charge in [-0.05, 0) is 122 Å². The topological polar surface area (TPSA) is 155 Å². The number of carbonyl (C=O) groups excluding carboxylic acids is 3. The number of hydrogen-bond donors (Lipinski definition) is 2. The van der Waals surface area contributed by atoms with Gasteiger partial charge < -0.3 is 24.2 Å². The lowest BCUT2D eigenvalue weighted by Crippen LogP contribution is -2.30. The fourth-order valence-electron chi connectivity index (χ4n) is 8.42. The number of hydrogen-bond acceptors (Lipinski definition) is 10. The van der Waals surface area contributed by atoms with E-state index < -0.39 is 57.8 Å². The van der Waals surface area contributed by atoms with Crippen molar-refractivity contribution in [3.63, 3.8) is 0 Å². The first-order valence-electron chi connectivity index (χ1n) is 31.5. The Balaban J connectivity index is 4.77. The maximum absolute atomic E-state index is 12.9. The zero-order valence-corrected chi connectivity index (χ0v) is 50.8. The van der Waals surface area contributed by atoms with Crippen LogP contribution in [-0.4, -0.2) is 66.5 Å². The van der Waals surface area contributed by atoms with Crippen molar-refractivity contribution in [2.75, 3.05) is 26.4 Å². The second kappa shape index (κ2) is 59.8. The van der Waals surface area contributed by atoms with E-state index in [1.54, 1.807) is 0 Å². The zero-order valence-electron chi connectivity index (χ0n) is 49.9. The summed E-state index contributed by atoms with van der Waals surface area (Å²) in [6.45, 7) is 4.56. The van der Waals surface area contributed by atoms with E-state index in [4.69, 9.17) is 23.3 Å². The van der Waals surface area contributed by atoms with E-state index >= 15 is 0 Å². The molecule has 0 aliphatic heterocycles. The summed E-state index contributed by atoms with van der Waals surface area (Å²) in [5, 5.41) is 9.83. The number of esters is 3. The van der Waals surface area contributed by atoms with Crippen LogP contribution in [0.3, 0.4) is 0 Å². The highest BCUT2D eigenvalue weighted by molar-refractivity contribution is 7.47. The van der Waals surface area contributed by atoms with Crippen molar-refractivity contribution in [3.8, 4) is 0 Å². The van der Waals surface area contributed by atoms with Gasteiger partial charge in [-0.1, -0.05) is 221 Å². The molecule has 78 heavy (non-hydrogen) atoms. The number of aliphatic hydroxyl groups excluding tert-OH is 1. The third-order valence-corrected chi connectivity index (χ3v) is 14.2. The Hall–Kier alpha value is -3.34. The molecule has 0 aliphatic rings. The van der Waals surface area contributed by atoms with E-state index in [9.17, 15) is 28.9 Å². The van der Waals surface area contributed by atoms with E-state index in [-0.39, 0.29) is 25.9 Å². The van der Waals surface area contributed by atoms with E-state index in [1.807, 2.05) is 0 Å². The molecule has 11 nitrogen and oxygen atoms in total. The molecule has 0 rings (SSSR count). The highest BCUT2D eigenvalue weighted by atomic mass is 31.2. The molecule has 0 saturated heterocycles. The average molecular weight is 1120 g/mol. The molecular formula is C66H115O11P. The molecule has 0 fully saturated rings. The molecule has 0 aromatic heterocycles. The zero-order chi connectivity index (χ0) is 56.9. The molecule has 0 saturated carbocycles. The SMILES string of the molecule is CCCCC/C=C\C/C=C\C/C=C\CCCCCCCCC(=O)OCC(COP(=O)(O)OCC(CO)OC(=O)CCCCCCC/C=C\CCCCCC)OC(=O)CCCCCCCC/C=C\C/C=C\C/C=C\CCCCC. The van der Waals surface area contributed by atoms with E-state index in [2.05, 4.69) is 106 Å². The van der Waals surface area contributed by atoms with Gasteiger partial charge >= 0.3 is 25.7 Å². The highest BCUT2D eigenvalue weighted by Crippen LogP contribution is 2.43. The maximum atomic E-state index is 12.9. The largest absolute Gasteiger partial charge is 0.472 e. The molecule has 3 unspecified atom stereocenters. The number of aliphatic hydroxyl groups is 1. The van der Waals surface area contributed by atoms with Crippen molar-refractivity contribution in [2.45, 2.75) is 290 Å². The third-order valence-electron chi connectivity index (χ3n) is 13.3. The van der Waals surface area contributed by atoms with Crippen LogP contribution in [0.5, 0.6) is 0 Å². The Morgan fingerprint density at radius 1 is 0.359 bits per heavy atom. The molecule has 0 aromatic rings. The van der Waals surface area contributed by atoms with Gasteiger partial charge in [0.15, 0.2) is 6.10 Å². The van der Waals surface area contributed by atoms with Crippen LogP contribution in [0.25, 0.3) is 0 Å². The molecule has 0 spiro atoms. The van der Waals surface area contributed by atoms with Gasteiger partial charge in [0.05, 0.1) is 19.8 Å². The van der Waals surface area contributed by atoms with Crippen LogP contribution in [-0.2, 0) is 42.2 Å². The summed E-state index contributed by atoms with van der Waals surface area (Å²) in [5.41, 5.74) is 0. The summed E-state index contributed by atoms with van der Waals surface area (Å²) in [7, 11) is -4.76. The van der Waals surface area contributed by atoms with Crippen LogP contribution in [0, 0.1) is 0 Å². The van der Waals surface area contributed by atoms with Crippen LogP contribution in [0.1, 0.15) is 278 Å². The van der Waals surface area contributed by atoms with Crippen LogP contribution in [0.4, 0.5) is 0 Å². The summed E-state index contributed by atoms with van der Waals surface area (Å²) in [4.78, 5) is 48.7. The number of phosphoric ester groups is 1. The minimum atomic E-state index is -4.76. The Bertz CT molecular complexity index is 1630. The van der Waals surface area contributed by atoms with E-state index in [0.29, 0.717) is 19.3 Å². The lowest BCUT2D eigenvalue weighted by molar-refractivity contribution is -0.161. The van der Waals surface area contributed by atoms with Crippen LogP contribution < -0.4 is 0 Å². The van der Waals surface area contributed by atoms with Gasteiger partial charge in [0.2, 0.25) is 0 Å². The number of rotatable bonds is 58. The van der Waals surface area contributed by atoms with Crippen molar-refractivity contribution in [1.82, 2.24) is 0 Å². The van der Waals surface area contributed by atoms with Crippen molar-refractivity contribution >= 4 is 25.7 Å². The molecule has 12 heteroatoms. The average Bonchev–Trinajstić information content (AvgIpc) is 3.43. The highest BCUT2D eigenvalue weighted by Gasteiger charge is 2.28. The Kier molecular flexibility index (Phi) is 57.2. The van der Waals surface area contributed by atoms with Crippen molar-refractivity contribution in [2.24, 2.45) is 0 Å². The number of phosphoric acid groups is 1. The smallest absolute Gasteiger partial charge is 0.462 e. The Morgan fingerprint density at radius 2 is 0.628 bits per heavy atom. The van der Waals surface area contributed by atoms with Gasteiger partial charge in [0, 0.05) is 19.3 Å². The lowest BCUT2D eigenvalue weighted by atomic mass is 10.1. The van der Waals surface area contributed by atoms with E-state index in [1.165, 1.54) is 77.0 Å². The predicted molar refractivity (Wildman–Crippen MR) is 325 cm³/mol. The molecule has 0 amide bonds. The number of unbranched alkanes of at least 4 members (excludes halogenated alkanes) is 27. The summed E-state index contributed by atoms with van der Waals surface area (Å²) in [6, 6.07) is 0. The van der Waals surface area contributed by atoms with Crippen molar-refractivity contribution in [1.29, 1.82) is 0 Å². The first-order valence-corrected chi connectivity index (χ1v) is 33.0. The fourth-order valence-corrected chi connectivity index (χ4v) is 9.21. The number of allylic oxidation sites excluding steroid dienone is 14. The molecular weight excluding hydrogens is 1000 g/mol. The first-order chi connectivity index (χ1) is 38.2. The van der Waals surface area contributed by atoms with Crippen LogP contribution in [0.2, 0.25) is 0 Å². The molecule has 0 radical (unpaired) electrons. The molecule has 0 bridgehead atoms. The minimum absolute atomic E-state index is 0.147. The molecule has 0 aliphatic carbocycles. The van der Waals surface area contributed by atoms with Crippen LogP contribution >= 0.6 is 7.82 Å². The summed E-state index contributed by atoms with van der Waals surface area (Å²) in [5.74, 6) is -1.50. The quantitative estimate of drug-likeness (QED) is 0.0197. The molecule has 3 atom stereocenters. The number of ether oxygens (including phenoxy) is 3. The van der Waals surface area contributed by atoms with Gasteiger partial charge in [-0.3, -0.25) is 23.4 Å². The van der Waals surface area contributed by atoms with Crippen LogP contribution in [0.15, 0.2) is 85.1 Å².